The Kier molecular flexibility index (Phi) is 4.77. The van der Waals surface area contributed by atoms with Gasteiger partial charge in [-0.25, -0.2) is 4.98 Å². The highest BCUT2D eigenvalue weighted by Crippen LogP contribution is 2.11. The van der Waals surface area contributed by atoms with Crippen LogP contribution in [0.2, 0.25) is 5.02 Å². The van der Waals surface area contributed by atoms with Crippen molar-refractivity contribution in [1.29, 1.82) is 0 Å². The molecular formula is C15H16ClN5O2. The van der Waals surface area contributed by atoms with Crippen molar-refractivity contribution >= 4 is 17.5 Å². The fourth-order valence-corrected chi connectivity index (χ4v) is 2.30. The molecule has 0 atom stereocenters. The van der Waals surface area contributed by atoms with Gasteiger partial charge in [0.15, 0.2) is 5.76 Å². The van der Waals surface area contributed by atoms with Gasteiger partial charge in [0.1, 0.15) is 5.76 Å². The van der Waals surface area contributed by atoms with Gasteiger partial charge in [0.2, 0.25) is 0 Å². The van der Waals surface area contributed by atoms with Crippen LogP contribution in [0.15, 0.2) is 47.7 Å². The minimum Gasteiger partial charge on any atom is -0.454 e. The number of aryl methyl sites for hydroxylation is 1. The van der Waals surface area contributed by atoms with Gasteiger partial charge in [-0.15, -0.1) is 0 Å². The number of hydrogen-bond acceptors (Lipinski definition) is 4. The maximum Gasteiger partial charge on any atom is 0.286 e. The van der Waals surface area contributed by atoms with Gasteiger partial charge in [0.25, 0.3) is 5.91 Å². The topological polar surface area (TPSA) is 77.9 Å². The van der Waals surface area contributed by atoms with Gasteiger partial charge in [-0.05, 0) is 18.6 Å². The highest BCUT2D eigenvalue weighted by atomic mass is 35.5. The Morgan fingerprint density at radius 3 is 3.04 bits per heavy atom. The summed E-state index contributed by atoms with van der Waals surface area (Å²) in [5.41, 5.74) is 0. The Balaban J connectivity index is 1.46. The SMILES string of the molecule is O=C(NCCCn1ccnc1)c1ccc(Cn2cc(Cl)cn2)o1. The van der Waals surface area contributed by atoms with Crippen molar-refractivity contribution in [1.82, 2.24) is 24.6 Å². The van der Waals surface area contributed by atoms with Crippen LogP contribution in [0.3, 0.4) is 0 Å². The molecule has 0 fully saturated rings. The fraction of sp³-hybridized carbons (Fsp3) is 0.267. The van der Waals surface area contributed by atoms with Gasteiger partial charge in [0.05, 0.1) is 24.1 Å². The number of halogens is 1. The zero-order valence-electron chi connectivity index (χ0n) is 12.4. The Bertz CT molecular complexity index is 763. The van der Waals surface area contributed by atoms with Crippen molar-refractivity contribution in [2.24, 2.45) is 0 Å². The molecule has 0 unspecified atom stereocenters. The summed E-state index contributed by atoms with van der Waals surface area (Å²) in [4.78, 5) is 16.0. The van der Waals surface area contributed by atoms with Gasteiger partial charge < -0.3 is 14.3 Å². The van der Waals surface area contributed by atoms with Crippen molar-refractivity contribution < 1.29 is 9.21 Å². The van der Waals surface area contributed by atoms with E-state index >= 15 is 0 Å². The lowest BCUT2D eigenvalue weighted by atomic mass is 10.3. The molecule has 0 spiro atoms. The van der Waals surface area contributed by atoms with Crippen LogP contribution < -0.4 is 5.32 Å². The molecule has 3 rings (SSSR count). The molecule has 0 bridgehead atoms. The van der Waals surface area contributed by atoms with Crippen molar-refractivity contribution in [3.63, 3.8) is 0 Å². The normalized spacial score (nSPS) is 10.8. The third kappa shape index (κ3) is 4.23. The van der Waals surface area contributed by atoms with E-state index in [9.17, 15) is 4.79 Å². The van der Waals surface area contributed by atoms with E-state index in [-0.39, 0.29) is 5.91 Å². The van der Waals surface area contributed by atoms with E-state index in [0.29, 0.717) is 29.6 Å². The highest BCUT2D eigenvalue weighted by Gasteiger charge is 2.11. The number of aromatic nitrogens is 4. The molecule has 0 aromatic carbocycles. The zero-order chi connectivity index (χ0) is 16.1. The summed E-state index contributed by atoms with van der Waals surface area (Å²) in [6, 6.07) is 3.42. The predicted octanol–water partition coefficient (Wildman–Crippen LogP) is 2.19. The first-order valence-electron chi connectivity index (χ1n) is 7.21. The Labute approximate surface area is 137 Å². The maximum atomic E-state index is 12.0. The van der Waals surface area contributed by atoms with Gasteiger partial charge in [0, 0.05) is 31.7 Å². The molecule has 0 saturated carbocycles. The number of carbonyl (C=O) groups excluding carboxylic acids is 1. The fourth-order valence-electron chi connectivity index (χ4n) is 2.14. The number of amides is 1. The predicted molar refractivity (Wildman–Crippen MR) is 84.2 cm³/mol. The number of carbonyl (C=O) groups is 1. The molecule has 3 heterocycles. The molecule has 1 amide bonds. The molecule has 120 valence electrons. The smallest absolute Gasteiger partial charge is 0.286 e. The van der Waals surface area contributed by atoms with Crippen LogP contribution in [0.4, 0.5) is 0 Å². The summed E-state index contributed by atoms with van der Waals surface area (Å²) in [5.74, 6) is 0.717. The van der Waals surface area contributed by atoms with Crippen molar-refractivity contribution in [2.75, 3.05) is 6.54 Å². The minimum atomic E-state index is -0.222. The van der Waals surface area contributed by atoms with Gasteiger partial charge in [-0.3, -0.25) is 9.48 Å². The van der Waals surface area contributed by atoms with E-state index in [2.05, 4.69) is 15.4 Å². The van der Waals surface area contributed by atoms with Gasteiger partial charge in [-0.1, -0.05) is 11.6 Å². The Hall–Kier alpha value is -2.54. The molecule has 7 nitrogen and oxygen atoms in total. The van der Waals surface area contributed by atoms with E-state index in [1.807, 2.05) is 10.8 Å². The number of furan rings is 1. The summed E-state index contributed by atoms with van der Waals surface area (Å²) in [7, 11) is 0. The van der Waals surface area contributed by atoms with Gasteiger partial charge in [-0.2, -0.15) is 5.10 Å². The summed E-state index contributed by atoms with van der Waals surface area (Å²) in [5, 5.41) is 7.46. The van der Waals surface area contributed by atoms with Crippen LogP contribution in [0.1, 0.15) is 22.7 Å². The van der Waals surface area contributed by atoms with E-state index < -0.39 is 0 Å². The van der Waals surface area contributed by atoms with Crippen LogP contribution in [-0.4, -0.2) is 31.8 Å². The van der Waals surface area contributed by atoms with E-state index in [0.717, 1.165) is 13.0 Å². The monoisotopic (exact) mass is 333 g/mol. The number of imidazole rings is 1. The van der Waals surface area contributed by atoms with Crippen molar-refractivity contribution in [3.05, 3.63) is 59.8 Å². The third-order valence-electron chi connectivity index (χ3n) is 3.24. The van der Waals surface area contributed by atoms with Crippen LogP contribution >= 0.6 is 11.6 Å². The van der Waals surface area contributed by atoms with Crippen molar-refractivity contribution in [2.45, 2.75) is 19.5 Å². The zero-order valence-corrected chi connectivity index (χ0v) is 13.1. The van der Waals surface area contributed by atoms with Crippen LogP contribution in [0, 0.1) is 0 Å². The number of hydrogen-bond donors (Lipinski definition) is 1. The van der Waals surface area contributed by atoms with E-state index in [1.165, 1.54) is 0 Å². The molecule has 3 aromatic heterocycles. The second kappa shape index (κ2) is 7.15. The summed E-state index contributed by atoms with van der Waals surface area (Å²) >= 11 is 5.81. The van der Waals surface area contributed by atoms with Crippen molar-refractivity contribution in [3.8, 4) is 0 Å². The summed E-state index contributed by atoms with van der Waals surface area (Å²) in [6.45, 7) is 1.81. The molecular weight excluding hydrogens is 318 g/mol. The molecule has 1 N–H and O–H groups in total. The molecule has 0 saturated heterocycles. The quantitative estimate of drug-likeness (QED) is 0.672. The maximum absolute atomic E-state index is 12.0. The lowest BCUT2D eigenvalue weighted by Gasteiger charge is -2.04. The Morgan fingerprint density at radius 1 is 1.39 bits per heavy atom. The van der Waals surface area contributed by atoms with Crippen LogP contribution in [0.5, 0.6) is 0 Å². The van der Waals surface area contributed by atoms with Crippen LogP contribution in [-0.2, 0) is 13.1 Å². The second-order valence-electron chi connectivity index (χ2n) is 5.03. The highest BCUT2D eigenvalue weighted by molar-refractivity contribution is 6.30. The third-order valence-corrected chi connectivity index (χ3v) is 3.44. The first-order valence-corrected chi connectivity index (χ1v) is 7.59. The van der Waals surface area contributed by atoms with E-state index in [1.54, 1.807) is 41.7 Å². The summed E-state index contributed by atoms with van der Waals surface area (Å²) < 4.78 is 9.14. The average molecular weight is 334 g/mol. The van der Waals surface area contributed by atoms with Gasteiger partial charge >= 0.3 is 0 Å². The number of nitrogens with one attached hydrogen (secondary N) is 1. The average Bonchev–Trinajstić information content (AvgIpc) is 3.26. The first kappa shape index (κ1) is 15.4. The minimum absolute atomic E-state index is 0.222. The van der Waals surface area contributed by atoms with Crippen LogP contribution in [0.25, 0.3) is 0 Å². The molecule has 0 aliphatic carbocycles. The lowest BCUT2D eigenvalue weighted by Crippen LogP contribution is -2.24. The standard InChI is InChI=1S/C15H16ClN5O2/c16-12-8-19-21(9-12)10-13-2-3-14(23-13)15(22)18-4-1-6-20-7-5-17-11-20/h2-3,5,7-9,11H,1,4,6,10H2,(H,18,22). The largest absolute Gasteiger partial charge is 0.454 e. The lowest BCUT2D eigenvalue weighted by molar-refractivity contribution is 0.0923. The molecule has 0 radical (unpaired) electrons. The molecule has 0 aliphatic heterocycles. The molecule has 23 heavy (non-hydrogen) atoms. The number of nitrogens with zero attached hydrogens (tertiary/aromatic N) is 4. The number of rotatable bonds is 7. The summed E-state index contributed by atoms with van der Waals surface area (Å²) in [6.07, 6.45) is 9.44. The first-order chi connectivity index (χ1) is 11.2. The van der Waals surface area contributed by atoms with E-state index in [4.69, 9.17) is 16.0 Å². The molecule has 3 aromatic rings. The molecule has 8 heteroatoms. The second-order valence-corrected chi connectivity index (χ2v) is 5.47. The molecule has 0 aliphatic rings. The Morgan fingerprint density at radius 2 is 2.30 bits per heavy atom.